The van der Waals surface area contributed by atoms with Crippen LogP contribution in [0.1, 0.15) is 18.4 Å². The van der Waals surface area contributed by atoms with Crippen molar-refractivity contribution in [3.8, 4) is 0 Å². The maximum Gasteiger partial charge on any atom is 0.393 e. The Morgan fingerprint density at radius 2 is 2.04 bits per heavy atom. The average Bonchev–Trinajstić information content (AvgIpc) is 3.17. The molecule has 1 saturated carbocycles. The van der Waals surface area contributed by atoms with Crippen molar-refractivity contribution in [3.63, 3.8) is 0 Å². The van der Waals surface area contributed by atoms with E-state index in [0.29, 0.717) is 17.9 Å². The third kappa shape index (κ3) is 2.94. The van der Waals surface area contributed by atoms with Crippen LogP contribution >= 0.6 is 11.6 Å². The summed E-state index contributed by atoms with van der Waals surface area (Å²) in [5, 5.41) is 0.524. The number of hydrogen-bond acceptors (Lipinski definition) is 2. The molecular weight excluding hydrogens is 329 g/mol. The maximum atomic E-state index is 13.1. The van der Waals surface area contributed by atoms with Gasteiger partial charge in [0.2, 0.25) is 5.91 Å². The van der Waals surface area contributed by atoms with E-state index in [-0.39, 0.29) is 25.5 Å². The first-order valence-corrected chi connectivity index (χ1v) is 7.98. The molecule has 126 valence electrons. The summed E-state index contributed by atoms with van der Waals surface area (Å²) in [6.07, 6.45) is -3.04. The molecule has 1 aliphatic heterocycles. The number of benzene rings is 1. The molecule has 0 aromatic heterocycles. The number of halogens is 4. The number of hydrogen-bond donors (Lipinski definition) is 1. The van der Waals surface area contributed by atoms with Crippen LogP contribution in [-0.2, 0) is 10.2 Å². The summed E-state index contributed by atoms with van der Waals surface area (Å²) in [4.78, 5) is 14.2. The van der Waals surface area contributed by atoms with E-state index in [9.17, 15) is 18.0 Å². The molecule has 3 nitrogen and oxygen atoms in total. The van der Waals surface area contributed by atoms with Crippen molar-refractivity contribution >= 4 is 17.5 Å². The third-order valence-corrected chi connectivity index (χ3v) is 5.22. The van der Waals surface area contributed by atoms with Crippen LogP contribution in [0.2, 0.25) is 5.02 Å². The summed E-state index contributed by atoms with van der Waals surface area (Å²) in [5.41, 5.74) is 5.57. The third-order valence-electron chi connectivity index (χ3n) is 4.99. The minimum atomic E-state index is -4.33. The summed E-state index contributed by atoms with van der Waals surface area (Å²) in [6, 6.07) is 7.01. The quantitative estimate of drug-likeness (QED) is 0.914. The van der Waals surface area contributed by atoms with E-state index in [4.69, 9.17) is 17.3 Å². The van der Waals surface area contributed by atoms with Gasteiger partial charge in [-0.3, -0.25) is 4.79 Å². The number of carbonyl (C=O) groups excluding carboxylic acids is 1. The minimum Gasteiger partial charge on any atom is -0.341 e. The van der Waals surface area contributed by atoms with Crippen molar-refractivity contribution in [1.82, 2.24) is 4.90 Å². The number of rotatable bonds is 3. The predicted octanol–water partition coefficient (Wildman–Crippen LogP) is 2.97. The Morgan fingerprint density at radius 1 is 1.35 bits per heavy atom. The van der Waals surface area contributed by atoms with Crippen LogP contribution in [-0.4, -0.2) is 36.6 Å². The van der Waals surface area contributed by atoms with Crippen LogP contribution in [0.25, 0.3) is 0 Å². The van der Waals surface area contributed by atoms with Gasteiger partial charge in [-0.1, -0.05) is 23.7 Å². The molecule has 1 heterocycles. The van der Waals surface area contributed by atoms with Gasteiger partial charge in [-0.15, -0.1) is 0 Å². The van der Waals surface area contributed by atoms with E-state index in [2.05, 4.69) is 0 Å². The average molecular weight is 347 g/mol. The van der Waals surface area contributed by atoms with Gasteiger partial charge in [0.1, 0.15) is 0 Å². The highest BCUT2D eigenvalue weighted by Crippen LogP contribution is 2.51. The first-order chi connectivity index (χ1) is 10.8. The van der Waals surface area contributed by atoms with Gasteiger partial charge in [-0.25, -0.2) is 0 Å². The van der Waals surface area contributed by atoms with E-state index in [1.54, 1.807) is 18.2 Å². The van der Waals surface area contributed by atoms with Crippen molar-refractivity contribution in [2.24, 2.45) is 17.6 Å². The zero-order valence-electron chi connectivity index (χ0n) is 12.4. The van der Waals surface area contributed by atoms with Gasteiger partial charge in [0, 0.05) is 24.0 Å². The summed E-state index contributed by atoms with van der Waals surface area (Å²) in [5.74, 6) is -2.49. The lowest BCUT2D eigenvalue weighted by molar-refractivity contribution is -0.179. The lowest BCUT2D eigenvalue weighted by Gasteiger charge is -2.24. The zero-order valence-corrected chi connectivity index (χ0v) is 13.2. The van der Waals surface area contributed by atoms with E-state index in [1.807, 2.05) is 6.07 Å². The molecule has 2 atom stereocenters. The number of likely N-dealkylation sites (tertiary alicyclic amines) is 1. The van der Waals surface area contributed by atoms with E-state index < -0.39 is 23.4 Å². The van der Waals surface area contributed by atoms with Crippen LogP contribution in [0.3, 0.4) is 0 Å². The summed E-state index contributed by atoms with van der Waals surface area (Å²) in [6.45, 7) is -0.299. The molecule has 0 bridgehead atoms. The summed E-state index contributed by atoms with van der Waals surface area (Å²) in [7, 11) is 0. The lowest BCUT2D eigenvalue weighted by atomic mass is 9.94. The topological polar surface area (TPSA) is 46.3 Å². The summed E-state index contributed by atoms with van der Waals surface area (Å²) < 4.78 is 39.3. The van der Waals surface area contributed by atoms with Gasteiger partial charge in [-0.05, 0) is 37.1 Å². The molecule has 3 rings (SSSR count). The SMILES string of the molecule is NCC1CN(C(=O)C2(c3cccc(Cl)c3)CC2)CC1C(F)(F)F. The van der Waals surface area contributed by atoms with Gasteiger partial charge in [0.25, 0.3) is 0 Å². The number of amides is 1. The molecule has 2 N–H and O–H groups in total. The fourth-order valence-corrected chi connectivity index (χ4v) is 3.68. The van der Waals surface area contributed by atoms with E-state index >= 15 is 0 Å². The second kappa shape index (κ2) is 5.67. The molecule has 0 spiro atoms. The Labute approximate surface area is 137 Å². The van der Waals surface area contributed by atoms with Crippen molar-refractivity contribution in [1.29, 1.82) is 0 Å². The van der Waals surface area contributed by atoms with E-state index in [0.717, 1.165) is 5.56 Å². The molecule has 1 aliphatic carbocycles. The van der Waals surface area contributed by atoms with Crippen LogP contribution in [0, 0.1) is 11.8 Å². The first-order valence-electron chi connectivity index (χ1n) is 7.60. The maximum absolute atomic E-state index is 13.1. The fraction of sp³-hybridized carbons (Fsp3) is 0.562. The molecule has 1 amide bonds. The van der Waals surface area contributed by atoms with Gasteiger partial charge in [0.15, 0.2) is 0 Å². The first kappa shape index (κ1) is 16.6. The van der Waals surface area contributed by atoms with Gasteiger partial charge >= 0.3 is 6.18 Å². The monoisotopic (exact) mass is 346 g/mol. The molecule has 2 aliphatic rings. The fourth-order valence-electron chi connectivity index (χ4n) is 3.49. The lowest BCUT2D eigenvalue weighted by Crippen LogP contribution is -2.39. The number of nitrogens with two attached hydrogens (primary N) is 1. The number of carbonyl (C=O) groups is 1. The molecule has 1 aromatic carbocycles. The molecule has 7 heteroatoms. The molecule has 1 aromatic rings. The van der Waals surface area contributed by atoms with Gasteiger partial charge in [-0.2, -0.15) is 13.2 Å². The Hall–Kier alpha value is -1.27. The van der Waals surface area contributed by atoms with Crippen molar-refractivity contribution in [3.05, 3.63) is 34.9 Å². The second-order valence-electron chi connectivity index (χ2n) is 6.45. The largest absolute Gasteiger partial charge is 0.393 e. The second-order valence-corrected chi connectivity index (χ2v) is 6.88. The van der Waals surface area contributed by atoms with Crippen molar-refractivity contribution in [2.75, 3.05) is 19.6 Å². The standard InChI is InChI=1S/C16H18ClF3N2O/c17-12-3-1-2-11(6-12)15(4-5-15)14(23)22-8-10(7-21)13(9-22)16(18,19)20/h1-3,6,10,13H,4-5,7-9,21H2. The molecule has 23 heavy (non-hydrogen) atoms. The van der Waals surface area contributed by atoms with Crippen molar-refractivity contribution < 1.29 is 18.0 Å². The molecule has 2 fully saturated rings. The molecule has 2 unspecified atom stereocenters. The van der Waals surface area contributed by atoms with Gasteiger partial charge < -0.3 is 10.6 Å². The molecule has 0 radical (unpaired) electrons. The van der Waals surface area contributed by atoms with Crippen molar-refractivity contribution in [2.45, 2.75) is 24.4 Å². The normalized spacial score (nSPS) is 26.4. The Bertz CT molecular complexity index is 616. The van der Waals surface area contributed by atoms with Crippen LogP contribution in [0.5, 0.6) is 0 Å². The summed E-state index contributed by atoms with van der Waals surface area (Å²) >= 11 is 5.98. The highest BCUT2D eigenvalue weighted by molar-refractivity contribution is 6.30. The predicted molar refractivity (Wildman–Crippen MR) is 81.0 cm³/mol. The Balaban J connectivity index is 1.81. The number of alkyl halides is 3. The van der Waals surface area contributed by atoms with Gasteiger partial charge in [0.05, 0.1) is 11.3 Å². The highest BCUT2D eigenvalue weighted by atomic mass is 35.5. The van der Waals surface area contributed by atoms with Crippen LogP contribution in [0.15, 0.2) is 24.3 Å². The Kier molecular flexibility index (Phi) is 4.09. The minimum absolute atomic E-state index is 0.0713. The molecule has 1 saturated heterocycles. The Morgan fingerprint density at radius 3 is 2.52 bits per heavy atom. The highest BCUT2D eigenvalue weighted by Gasteiger charge is 2.57. The molecular formula is C16H18ClF3N2O. The number of nitrogens with zero attached hydrogens (tertiary/aromatic N) is 1. The smallest absolute Gasteiger partial charge is 0.341 e. The van der Waals surface area contributed by atoms with Crippen LogP contribution < -0.4 is 5.73 Å². The zero-order chi connectivity index (χ0) is 16.8. The van der Waals surface area contributed by atoms with Crippen LogP contribution in [0.4, 0.5) is 13.2 Å². The van der Waals surface area contributed by atoms with E-state index in [1.165, 1.54) is 4.90 Å².